The Bertz CT molecular complexity index is 597. The maximum Gasteiger partial charge on any atom is 0.241 e. The second-order valence-electron chi connectivity index (χ2n) is 5.03. The van der Waals surface area contributed by atoms with Crippen molar-refractivity contribution in [3.8, 4) is 0 Å². The maximum absolute atomic E-state index is 13.5. The van der Waals surface area contributed by atoms with E-state index in [4.69, 9.17) is 5.73 Å². The molecule has 2 rings (SSSR count). The zero-order valence-corrected chi connectivity index (χ0v) is 11.4. The van der Waals surface area contributed by atoms with E-state index in [1.165, 1.54) is 13.0 Å². The highest BCUT2D eigenvalue weighted by molar-refractivity contribution is 7.89. The lowest BCUT2D eigenvalue weighted by Gasteiger charge is -2.36. The topological polar surface area (TPSA) is 92.4 Å². The SMILES string of the molecule is Cc1c(F)cc(N)cc1S(=O)(=O)NCC1(O)CCC1. The van der Waals surface area contributed by atoms with Gasteiger partial charge < -0.3 is 10.8 Å². The van der Waals surface area contributed by atoms with Crippen molar-refractivity contribution in [1.82, 2.24) is 4.72 Å². The molecule has 1 saturated carbocycles. The van der Waals surface area contributed by atoms with E-state index in [-0.39, 0.29) is 22.7 Å². The smallest absolute Gasteiger partial charge is 0.241 e. The van der Waals surface area contributed by atoms with Crippen LogP contribution in [0, 0.1) is 12.7 Å². The van der Waals surface area contributed by atoms with Gasteiger partial charge in [0.2, 0.25) is 10.0 Å². The molecular formula is C12H17FN2O3S. The van der Waals surface area contributed by atoms with E-state index in [0.29, 0.717) is 12.8 Å². The lowest BCUT2D eigenvalue weighted by atomic mass is 9.81. The molecule has 0 radical (unpaired) electrons. The van der Waals surface area contributed by atoms with Crippen molar-refractivity contribution in [1.29, 1.82) is 0 Å². The van der Waals surface area contributed by atoms with E-state index < -0.39 is 21.4 Å². The van der Waals surface area contributed by atoms with Gasteiger partial charge in [-0.25, -0.2) is 17.5 Å². The molecule has 1 aliphatic carbocycles. The quantitative estimate of drug-likeness (QED) is 0.718. The Morgan fingerprint density at radius 2 is 2.11 bits per heavy atom. The summed E-state index contributed by atoms with van der Waals surface area (Å²) in [6.07, 6.45) is 2.02. The summed E-state index contributed by atoms with van der Waals surface area (Å²) in [7, 11) is -3.88. The molecule has 1 aliphatic rings. The number of rotatable bonds is 4. The first-order valence-corrected chi connectivity index (χ1v) is 7.49. The first-order valence-electron chi connectivity index (χ1n) is 6.01. The summed E-state index contributed by atoms with van der Waals surface area (Å²) in [6, 6.07) is 2.29. The van der Waals surface area contributed by atoms with Crippen molar-refractivity contribution in [2.75, 3.05) is 12.3 Å². The van der Waals surface area contributed by atoms with Gasteiger partial charge in [0, 0.05) is 17.8 Å². The van der Waals surface area contributed by atoms with E-state index in [1.54, 1.807) is 0 Å². The van der Waals surface area contributed by atoms with Crippen LogP contribution in [0.1, 0.15) is 24.8 Å². The molecule has 0 bridgehead atoms. The molecule has 0 spiro atoms. The summed E-state index contributed by atoms with van der Waals surface area (Å²) in [5.74, 6) is -0.664. The summed E-state index contributed by atoms with van der Waals surface area (Å²) < 4.78 is 40.0. The van der Waals surface area contributed by atoms with Crippen LogP contribution >= 0.6 is 0 Å². The third-order valence-corrected chi connectivity index (χ3v) is 5.01. The number of benzene rings is 1. The average Bonchev–Trinajstić information content (AvgIpc) is 2.28. The number of nitrogens with one attached hydrogen (secondary N) is 1. The number of sulfonamides is 1. The summed E-state index contributed by atoms with van der Waals surface area (Å²) in [5, 5.41) is 9.87. The molecule has 1 aromatic rings. The lowest BCUT2D eigenvalue weighted by molar-refractivity contribution is -0.0270. The van der Waals surface area contributed by atoms with Crippen LogP contribution in [0.5, 0.6) is 0 Å². The number of nitrogen functional groups attached to an aromatic ring is 1. The molecule has 7 heteroatoms. The zero-order valence-electron chi connectivity index (χ0n) is 10.6. The Kier molecular flexibility index (Phi) is 3.55. The van der Waals surface area contributed by atoms with Gasteiger partial charge in [-0.3, -0.25) is 0 Å². The van der Waals surface area contributed by atoms with Crippen molar-refractivity contribution < 1.29 is 17.9 Å². The molecule has 0 heterocycles. The molecule has 0 saturated heterocycles. The third-order valence-electron chi connectivity index (χ3n) is 3.48. The number of hydrogen-bond acceptors (Lipinski definition) is 4. The van der Waals surface area contributed by atoms with Gasteiger partial charge >= 0.3 is 0 Å². The van der Waals surface area contributed by atoms with Gasteiger partial charge in [-0.2, -0.15) is 0 Å². The summed E-state index contributed by atoms with van der Waals surface area (Å²) in [6.45, 7) is 1.31. The third kappa shape index (κ3) is 2.88. The normalized spacial score (nSPS) is 18.1. The standard InChI is InChI=1S/C12H17FN2O3S/c1-8-10(13)5-9(14)6-11(8)19(17,18)15-7-12(16)3-2-4-12/h5-6,15-16H,2-4,7,14H2,1H3. The van der Waals surface area contributed by atoms with Gasteiger partial charge in [0.15, 0.2) is 0 Å². The van der Waals surface area contributed by atoms with Gasteiger partial charge in [0.05, 0.1) is 10.5 Å². The number of anilines is 1. The van der Waals surface area contributed by atoms with Crippen LogP contribution in [0.2, 0.25) is 0 Å². The van der Waals surface area contributed by atoms with Crippen LogP contribution < -0.4 is 10.5 Å². The highest BCUT2D eigenvalue weighted by atomic mass is 32.2. The fourth-order valence-corrected chi connectivity index (χ4v) is 3.43. The fraction of sp³-hybridized carbons (Fsp3) is 0.500. The fourth-order valence-electron chi connectivity index (χ4n) is 2.02. The van der Waals surface area contributed by atoms with E-state index in [0.717, 1.165) is 12.5 Å². The predicted molar refractivity (Wildman–Crippen MR) is 69.5 cm³/mol. The molecule has 0 unspecified atom stereocenters. The number of hydrogen-bond donors (Lipinski definition) is 3. The lowest BCUT2D eigenvalue weighted by Crippen LogP contribution is -2.47. The van der Waals surface area contributed by atoms with Crippen molar-refractivity contribution in [3.05, 3.63) is 23.5 Å². The zero-order chi connectivity index (χ0) is 14.3. The van der Waals surface area contributed by atoms with Crippen LogP contribution in [-0.2, 0) is 10.0 Å². The average molecular weight is 288 g/mol. The molecule has 0 aliphatic heterocycles. The minimum absolute atomic E-state index is 0.0160. The molecule has 0 amide bonds. The van der Waals surface area contributed by atoms with E-state index in [1.807, 2.05) is 0 Å². The molecule has 0 aromatic heterocycles. The maximum atomic E-state index is 13.5. The Labute approximate surface area is 111 Å². The van der Waals surface area contributed by atoms with Gasteiger partial charge in [0.25, 0.3) is 0 Å². The molecule has 1 aromatic carbocycles. The Hall–Kier alpha value is -1.18. The summed E-state index contributed by atoms with van der Waals surface area (Å²) >= 11 is 0. The molecule has 19 heavy (non-hydrogen) atoms. The van der Waals surface area contributed by atoms with Gasteiger partial charge in [-0.05, 0) is 38.3 Å². The van der Waals surface area contributed by atoms with E-state index in [2.05, 4.69) is 4.72 Å². The molecule has 0 atom stereocenters. The monoisotopic (exact) mass is 288 g/mol. The number of nitrogens with two attached hydrogens (primary N) is 1. The van der Waals surface area contributed by atoms with Crippen LogP contribution in [0.25, 0.3) is 0 Å². The highest BCUT2D eigenvalue weighted by Crippen LogP contribution is 2.31. The minimum atomic E-state index is -3.88. The van der Waals surface area contributed by atoms with E-state index in [9.17, 15) is 17.9 Å². The number of aliphatic hydroxyl groups is 1. The molecule has 1 fully saturated rings. The van der Waals surface area contributed by atoms with Gasteiger partial charge in [-0.1, -0.05) is 0 Å². The van der Waals surface area contributed by atoms with Gasteiger partial charge in [0.1, 0.15) is 5.82 Å². The molecule has 4 N–H and O–H groups in total. The molecule has 106 valence electrons. The Balaban J connectivity index is 2.24. The van der Waals surface area contributed by atoms with Crippen molar-refractivity contribution in [3.63, 3.8) is 0 Å². The van der Waals surface area contributed by atoms with Crippen LogP contribution in [0.15, 0.2) is 17.0 Å². The first-order chi connectivity index (χ1) is 8.73. The summed E-state index contributed by atoms with van der Waals surface area (Å²) in [5.41, 5.74) is 4.55. The Morgan fingerprint density at radius 3 is 2.63 bits per heavy atom. The highest BCUT2D eigenvalue weighted by Gasteiger charge is 2.35. The minimum Gasteiger partial charge on any atom is -0.399 e. The summed E-state index contributed by atoms with van der Waals surface area (Å²) in [4.78, 5) is -0.187. The van der Waals surface area contributed by atoms with E-state index >= 15 is 0 Å². The van der Waals surface area contributed by atoms with Gasteiger partial charge in [-0.15, -0.1) is 0 Å². The predicted octanol–water partition coefficient (Wildman–Crippen LogP) is 0.910. The van der Waals surface area contributed by atoms with Crippen molar-refractivity contribution in [2.24, 2.45) is 0 Å². The van der Waals surface area contributed by atoms with Crippen molar-refractivity contribution >= 4 is 15.7 Å². The second kappa shape index (κ2) is 4.73. The van der Waals surface area contributed by atoms with Crippen LogP contribution in [0.4, 0.5) is 10.1 Å². The first kappa shape index (κ1) is 14.2. The van der Waals surface area contributed by atoms with Crippen molar-refractivity contribution in [2.45, 2.75) is 36.7 Å². The number of halogens is 1. The molecular weight excluding hydrogens is 271 g/mol. The van der Waals surface area contributed by atoms with Crippen LogP contribution in [0.3, 0.4) is 0 Å². The van der Waals surface area contributed by atoms with Crippen LogP contribution in [-0.4, -0.2) is 25.7 Å². The largest absolute Gasteiger partial charge is 0.399 e. The molecule has 5 nitrogen and oxygen atoms in total. The Morgan fingerprint density at radius 1 is 1.47 bits per heavy atom. The second-order valence-corrected chi connectivity index (χ2v) is 6.76.